The molecular weight excluding hydrogens is 366 g/mol. The molecule has 0 saturated heterocycles. The van der Waals surface area contributed by atoms with Gasteiger partial charge in [0.15, 0.2) is 10.9 Å². The van der Waals surface area contributed by atoms with Crippen molar-refractivity contribution in [2.75, 3.05) is 11.9 Å². The third-order valence-electron chi connectivity index (χ3n) is 3.57. The largest absolute Gasteiger partial charge is 0.483 e. The quantitative estimate of drug-likeness (QED) is 0.460. The van der Waals surface area contributed by atoms with Crippen molar-refractivity contribution in [2.45, 2.75) is 23.4 Å². The molecule has 0 unspecified atom stereocenters. The minimum atomic E-state index is -0.244. The van der Waals surface area contributed by atoms with E-state index in [4.69, 9.17) is 4.74 Å². The van der Waals surface area contributed by atoms with Crippen molar-refractivity contribution in [1.29, 1.82) is 0 Å². The van der Waals surface area contributed by atoms with Crippen LogP contribution in [0.25, 0.3) is 0 Å². The number of thioether (sulfide) groups is 1. The maximum atomic E-state index is 12.1. The van der Waals surface area contributed by atoms with E-state index in [9.17, 15) is 4.79 Å². The smallest absolute Gasteiger partial charge is 0.264 e. The molecule has 0 aliphatic rings. The van der Waals surface area contributed by atoms with Crippen LogP contribution in [0.2, 0.25) is 0 Å². The number of carbonyl (C=O) groups is 1. The van der Waals surface area contributed by atoms with E-state index in [0.717, 1.165) is 27.8 Å². The van der Waals surface area contributed by atoms with Gasteiger partial charge in [-0.25, -0.2) is 0 Å². The van der Waals surface area contributed by atoms with Crippen LogP contribution < -0.4 is 10.1 Å². The minimum absolute atomic E-state index is 0.0525. The van der Waals surface area contributed by atoms with Gasteiger partial charge in [-0.1, -0.05) is 78.6 Å². The summed E-state index contributed by atoms with van der Waals surface area (Å²) in [4.78, 5) is 12.1. The Hall–Kier alpha value is -2.38. The molecule has 134 valence electrons. The molecule has 0 aliphatic heterocycles. The number of hydrogen-bond donors (Lipinski definition) is 1. The Morgan fingerprint density at radius 2 is 1.88 bits per heavy atom. The zero-order chi connectivity index (χ0) is 18.2. The molecule has 7 heteroatoms. The van der Waals surface area contributed by atoms with E-state index in [2.05, 4.69) is 34.6 Å². The minimum Gasteiger partial charge on any atom is -0.483 e. The van der Waals surface area contributed by atoms with E-state index in [-0.39, 0.29) is 12.5 Å². The number of carbonyl (C=O) groups excluding carboxylic acids is 1. The Kier molecular flexibility index (Phi) is 6.62. The number of hydrogen-bond acceptors (Lipinski definition) is 6. The number of anilines is 1. The average Bonchev–Trinajstić information content (AvgIpc) is 3.13. The van der Waals surface area contributed by atoms with Gasteiger partial charge in [-0.15, -0.1) is 10.2 Å². The Balaban J connectivity index is 1.48. The van der Waals surface area contributed by atoms with Crippen molar-refractivity contribution in [2.24, 2.45) is 0 Å². The zero-order valence-corrected chi connectivity index (χ0v) is 16.0. The molecule has 3 rings (SSSR count). The van der Waals surface area contributed by atoms with E-state index >= 15 is 0 Å². The Morgan fingerprint density at radius 3 is 2.69 bits per heavy atom. The number of para-hydroxylation sites is 1. The van der Waals surface area contributed by atoms with Crippen LogP contribution in [0.5, 0.6) is 5.75 Å². The highest BCUT2D eigenvalue weighted by Crippen LogP contribution is 2.28. The van der Waals surface area contributed by atoms with Crippen LogP contribution in [0.3, 0.4) is 0 Å². The summed E-state index contributed by atoms with van der Waals surface area (Å²) in [6.45, 7) is 2.00. The van der Waals surface area contributed by atoms with Crippen LogP contribution in [0.4, 0.5) is 5.13 Å². The van der Waals surface area contributed by atoms with Crippen LogP contribution in [-0.2, 0) is 17.0 Å². The molecule has 1 amide bonds. The van der Waals surface area contributed by atoms with Gasteiger partial charge in [0.25, 0.3) is 5.91 Å². The summed E-state index contributed by atoms with van der Waals surface area (Å²) in [6.07, 6.45) is 0.857. The van der Waals surface area contributed by atoms with Crippen LogP contribution in [0.1, 0.15) is 18.1 Å². The molecule has 0 spiro atoms. The normalized spacial score (nSPS) is 10.5. The fourth-order valence-corrected chi connectivity index (χ4v) is 4.00. The molecule has 0 bridgehead atoms. The molecule has 3 aromatic rings. The number of ether oxygens (including phenoxy) is 1. The number of nitrogens with one attached hydrogen (secondary N) is 1. The Morgan fingerprint density at radius 1 is 1.12 bits per heavy atom. The number of nitrogens with zero attached hydrogens (tertiary/aromatic N) is 2. The Labute approximate surface area is 160 Å². The van der Waals surface area contributed by atoms with Gasteiger partial charge in [-0.2, -0.15) is 0 Å². The lowest BCUT2D eigenvalue weighted by Crippen LogP contribution is -2.20. The average molecular weight is 386 g/mol. The second-order valence-electron chi connectivity index (χ2n) is 5.45. The first-order valence-corrected chi connectivity index (χ1v) is 10.1. The van der Waals surface area contributed by atoms with Gasteiger partial charge in [-0.05, 0) is 23.6 Å². The monoisotopic (exact) mass is 385 g/mol. The van der Waals surface area contributed by atoms with Crippen molar-refractivity contribution >= 4 is 34.1 Å². The van der Waals surface area contributed by atoms with Crippen LogP contribution >= 0.6 is 23.1 Å². The summed E-state index contributed by atoms with van der Waals surface area (Å²) in [5.41, 5.74) is 2.30. The molecule has 1 heterocycles. The second-order valence-corrected chi connectivity index (χ2v) is 7.65. The molecule has 1 N–H and O–H groups in total. The van der Waals surface area contributed by atoms with E-state index in [1.807, 2.05) is 42.5 Å². The van der Waals surface area contributed by atoms with Gasteiger partial charge in [0.2, 0.25) is 5.13 Å². The summed E-state index contributed by atoms with van der Waals surface area (Å²) < 4.78 is 6.43. The predicted molar refractivity (Wildman–Crippen MR) is 106 cm³/mol. The predicted octanol–water partition coefficient (Wildman–Crippen LogP) is 4.41. The third-order valence-corrected chi connectivity index (χ3v) is 5.61. The first-order valence-electron chi connectivity index (χ1n) is 8.25. The van der Waals surface area contributed by atoms with Gasteiger partial charge in [0, 0.05) is 5.75 Å². The van der Waals surface area contributed by atoms with Crippen LogP contribution in [0.15, 0.2) is 58.9 Å². The molecule has 0 radical (unpaired) electrons. The first kappa shape index (κ1) is 18.4. The second kappa shape index (κ2) is 9.35. The summed E-state index contributed by atoms with van der Waals surface area (Å²) in [6, 6.07) is 17.9. The standard InChI is InChI=1S/C19H19N3O2S2/c1-2-15-10-6-7-11-16(15)24-12-17(23)20-18-21-22-19(26-18)25-13-14-8-4-3-5-9-14/h3-11H,2,12-13H2,1H3,(H,20,21,23). The maximum absolute atomic E-state index is 12.1. The summed E-state index contributed by atoms with van der Waals surface area (Å²) in [5, 5.41) is 11.3. The summed E-state index contributed by atoms with van der Waals surface area (Å²) in [5.74, 6) is 1.31. The number of benzene rings is 2. The zero-order valence-electron chi connectivity index (χ0n) is 14.3. The van der Waals surface area contributed by atoms with E-state index < -0.39 is 0 Å². The molecule has 0 fully saturated rings. The molecule has 0 aliphatic carbocycles. The lowest BCUT2D eigenvalue weighted by Gasteiger charge is -2.09. The van der Waals surface area contributed by atoms with Gasteiger partial charge >= 0.3 is 0 Å². The lowest BCUT2D eigenvalue weighted by molar-refractivity contribution is -0.118. The van der Waals surface area contributed by atoms with E-state index in [1.54, 1.807) is 11.8 Å². The van der Waals surface area contributed by atoms with Crippen molar-refractivity contribution < 1.29 is 9.53 Å². The fourth-order valence-electron chi connectivity index (χ4n) is 2.27. The van der Waals surface area contributed by atoms with Gasteiger partial charge in [0.1, 0.15) is 5.75 Å². The molecule has 0 atom stereocenters. The third kappa shape index (κ3) is 5.31. The van der Waals surface area contributed by atoms with Crippen LogP contribution in [-0.4, -0.2) is 22.7 Å². The summed E-state index contributed by atoms with van der Waals surface area (Å²) >= 11 is 2.96. The highest BCUT2D eigenvalue weighted by Gasteiger charge is 2.10. The number of amides is 1. The summed E-state index contributed by atoms with van der Waals surface area (Å²) in [7, 11) is 0. The molecule has 5 nitrogen and oxygen atoms in total. The first-order chi connectivity index (χ1) is 12.7. The van der Waals surface area contributed by atoms with Gasteiger partial charge in [0.05, 0.1) is 0 Å². The molecular formula is C19H19N3O2S2. The number of rotatable bonds is 8. The van der Waals surface area contributed by atoms with Crippen molar-refractivity contribution in [3.63, 3.8) is 0 Å². The topological polar surface area (TPSA) is 64.1 Å². The number of aromatic nitrogens is 2. The van der Waals surface area contributed by atoms with Gasteiger partial charge < -0.3 is 4.74 Å². The number of aryl methyl sites for hydroxylation is 1. The highest BCUT2D eigenvalue weighted by molar-refractivity contribution is 8.00. The molecule has 2 aromatic carbocycles. The fraction of sp³-hybridized carbons (Fsp3) is 0.211. The Bertz CT molecular complexity index is 853. The van der Waals surface area contributed by atoms with Gasteiger partial charge in [-0.3, -0.25) is 10.1 Å². The van der Waals surface area contributed by atoms with Crippen LogP contribution in [0, 0.1) is 0 Å². The SMILES string of the molecule is CCc1ccccc1OCC(=O)Nc1nnc(SCc2ccccc2)s1. The van der Waals surface area contributed by atoms with E-state index in [1.165, 1.54) is 16.9 Å². The van der Waals surface area contributed by atoms with Crippen molar-refractivity contribution in [3.8, 4) is 5.75 Å². The molecule has 0 saturated carbocycles. The highest BCUT2D eigenvalue weighted by atomic mass is 32.2. The molecule has 26 heavy (non-hydrogen) atoms. The lowest BCUT2D eigenvalue weighted by atomic mass is 10.1. The van der Waals surface area contributed by atoms with Crippen molar-refractivity contribution in [1.82, 2.24) is 10.2 Å². The maximum Gasteiger partial charge on any atom is 0.264 e. The van der Waals surface area contributed by atoms with E-state index in [0.29, 0.717) is 5.13 Å². The van der Waals surface area contributed by atoms with Crippen molar-refractivity contribution in [3.05, 3.63) is 65.7 Å². The molecule has 1 aromatic heterocycles.